The highest BCUT2D eigenvalue weighted by atomic mass is 32.1. The number of nitrogens with one attached hydrogen (secondary N) is 1. The molecule has 23 heavy (non-hydrogen) atoms. The minimum Gasteiger partial charge on any atom is -0.371 e. The molecule has 3 atom stereocenters. The number of thiazole rings is 1. The minimum absolute atomic E-state index is 0.00988. The van der Waals surface area contributed by atoms with E-state index in [-0.39, 0.29) is 24.0 Å². The van der Waals surface area contributed by atoms with Gasteiger partial charge in [0.1, 0.15) is 0 Å². The Bertz CT molecular complexity index is 548. The third-order valence-corrected chi connectivity index (χ3v) is 5.30. The number of carbonyl (C=O) groups is 1. The molecule has 0 aromatic carbocycles. The number of rotatable bonds is 6. The van der Waals surface area contributed by atoms with Crippen LogP contribution in [0.25, 0.3) is 0 Å². The first-order valence-corrected chi connectivity index (χ1v) is 9.10. The van der Waals surface area contributed by atoms with Gasteiger partial charge in [-0.25, -0.2) is 4.98 Å². The maximum atomic E-state index is 12.4. The van der Waals surface area contributed by atoms with E-state index in [9.17, 15) is 4.79 Å². The standard InChI is InChI=1S/C16H26N4O2S/c1-11-18-12(10-23-11)7-20-8-13-6-14(15(9-20)22-13)16(21)17-4-5-19(2)3/h10,13-15H,4-9H2,1-3H3,(H,17,21). The lowest BCUT2D eigenvalue weighted by molar-refractivity contribution is -0.128. The van der Waals surface area contributed by atoms with Crippen LogP contribution in [0.4, 0.5) is 0 Å². The summed E-state index contributed by atoms with van der Waals surface area (Å²) in [4.78, 5) is 21.4. The number of amides is 1. The zero-order valence-electron chi connectivity index (χ0n) is 14.1. The molecule has 128 valence electrons. The molecule has 0 radical (unpaired) electrons. The Morgan fingerprint density at radius 1 is 1.52 bits per heavy atom. The Hall–Kier alpha value is -1.02. The molecule has 1 aromatic heterocycles. The van der Waals surface area contributed by atoms with Gasteiger partial charge < -0.3 is 15.0 Å². The van der Waals surface area contributed by atoms with Gasteiger partial charge in [-0.3, -0.25) is 9.69 Å². The first-order chi connectivity index (χ1) is 11.0. The van der Waals surface area contributed by atoms with Crippen LogP contribution in [0, 0.1) is 12.8 Å². The predicted molar refractivity (Wildman–Crippen MR) is 90.5 cm³/mol. The van der Waals surface area contributed by atoms with Crippen LogP contribution in [0.1, 0.15) is 17.1 Å². The van der Waals surface area contributed by atoms with Crippen LogP contribution in [-0.2, 0) is 16.1 Å². The molecular weight excluding hydrogens is 312 g/mol. The highest BCUT2D eigenvalue weighted by molar-refractivity contribution is 7.09. The molecule has 7 heteroatoms. The Labute approximate surface area is 141 Å². The molecule has 1 amide bonds. The quantitative estimate of drug-likeness (QED) is 0.828. The molecule has 3 heterocycles. The van der Waals surface area contributed by atoms with E-state index >= 15 is 0 Å². The van der Waals surface area contributed by atoms with Crippen LogP contribution in [0.3, 0.4) is 0 Å². The van der Waals surface area contributed by atoms with Crippen LogP contribution in [-0.4, -0.2) is 73.2 Å². The molecule has 2 saturated heterocycles. The summed E-state index contributed by atoms with van der Waals surface area (Å²) >= 11 is 1.69. The topological polar surface area (TPSA) is 57.7 Å². The van der Waals surface area contributed by atoms with Gasteiger partial charge in [0, 0.05) is 38.1 Å². The number of ether oxygens (including phenoxy) is 1. The fraction of sp³-hybridized carbons (Fsp3) is 0.750. The molecule has 0 aliphatic carbocycles. The minimum atomic E-state index is -0.00988. The van der Waals surface area contributed by atoms with Crippen LogP contribution in [0.2, 0.25) is 0 Å². The Morgan fingerprint density at radius 2 is 2.35 bits per heavy atom. The predicted octanol–water partition coefficient (Wildman–Crippen LogP) is 0.719. The number of carbonyl (C=O) groups excluding carboxylic acids is 1. The molecule has 2 fully saturated rings. The van der Waals surface area contributed by atoms with E-state index in [0.29, 0.717) is 6.54 Å². The van der Waals surface area contributed by atoms with Gasteiger partial charge in [0.2, 0.25) is 5.91 Å². The molecule has 0 spiro atoms. The van der Waals surface area contributed by atoms with Gasteiger partial charge in [-0.05, 0) is 27.4 Å². The number of fused-ring (bicyclic) bond motifs is 2. The second-order valence-corrected chi connectivity index (χ2v) is 7.85. The first-order valence-electron chi connectivity index (χ1n) is 8.22. The summed E-state index contributed by atoms with van der Waals surface area (Å²) in [6, 6.07) is 0. The number of hydrogen-bond acceptors (Lipinski definition) is 6. The molecule has 3 rings (SSSR count). The fourth-order valence-electron chi connectivity index (χ4n) is 3.39. The van der Waals surface area contributed by atoms with Crippen molar-refractivity contribution in [3.8, 4) is 0 Å². The highest BCUT2D eigenvalue weighted by Gasteiger charge is 2.44. The maximum Gasteiger partial charge on any atom is 0.225 e. The lowest BCUT2D eigenvalue weighted by Crippen LogP contribution is -2.45. The molecule has 2 aliphatic heterocycles. The SMILES string of the molecule is Cc1nc(CN2CC3CC(C(=O)NCCN(C)C)C(C2)O3)cs1. The number of likely N-dealkylation sites (N-methyl/N-ethyl adjacent to an activating group) is 1. The van der Waals surface area contributed by atoms with Gasteiger partial charge in [-0.1, -0.05) is 0 Å². The van der Waals surface area contributed by atoms with Crippen molar-refractivity contribution < 1.29 is 9.53 Å². The average molecular weight is 338 g/mol. The summed E-state index contributed by atoms with van der Waals surface area (Å²) in [6.45, 7) is 6.17. The van der Waals surface area contributed by atoms with Crippen molar-refractivity contribution in [1.82, 2.24) is 20.1 Å². The van der Waals surface area contributed by atoms with Crippen molar-refractivity contribution in [3.63, 3.8) is 0 Å². The molecule has 2 bridgehead atoms. The van der Waals surface area contributed by atoms with Crippen molar-refractivity contribution in [1.29, 1.82) is 0 Å². The van der Waals surface area contributed by atoms with E-state index in [1.165, 1.54) is 0 Å². The largest absolute Gasteiger partial charge is 0.371 e. The van der Waals surface area contributed by atoms with Gasteiger partial charge in [-0.2, -0.15) is 0 Å². The van der Waals surface area contributed by atoms with Crippen molar-refractivity contribution in [2.45, 2.75) is 32.1 Å². The van der Waals surface area contributed by atoms with Crippen molar-refractivity contribution in [2.24, 2.45) is 5.92 Å². The van der Waals surface area contributed by atoms with Gasteiger partial charge >= 0.3 is 0 Å². The number of aromatic nitrogens is 1. The molecule has 6 nitrogen and oxygen atoms in total. The number of nitrogens with zero attached hydrogens (tertiary/aromatic N) is 3. The van der Waals surface area contributed by atoms with E-state index in [0.717, 1.165) is 43.3 Å². The van der Waals surface area contributed by atoms with E-state index in [2.05, 4.69) is 25.5 Å². The zero-order chi connectivity index (χ0) is 16.4. The summed E-state index contributed by atoms with van der Waals surface area (Å²) in [5.74, 6) is 0.134. The second kappa shape index (κ2) is 7.25. The number of aryl methyl sites for hydroxylation is 1. The summed E-state index contributed by atoms with van der Waals surface area (Å²) in [7, 11) is 4.02. The van der Waals surface area contributed by atoms with E-state index < -0.39 is 0 Å². The van der Waals surface area contributed by atoms with E-state index in [1.54, 1.807) is 11.3 Å². The lowest BCUT2D eigenvalue weighted by atomic mass is 9.99. The summed E-state index contributed by atoms with van der Waals surface area (Å²) in [5, 5.41) is 6.28. The van der Waals surface area contributed by atoms with Crippen molar-refractivity contribution >= 4 is 17.2 Å². The van der Waals surface area contributed by atoms with E-state index in [1.807, 2.05) is 21.0 Å². The zero-order valence-corrected chi connectivity index (χ0v) is 14.9. The fourth-order valence-corrected chi connectivity index (χ4v) is 3.99. The van der Waals surface area contributed by atoms with Crippen LogP contribution < -0.4 is 5.32 Å². The summed E-state index contributed by atoms with van der Waals surface area (Å²) < 4.78 is 6.00. The number of hydrogen-bond donors (Lipinski definition) is 1. The third-order valence-electron chi connectivity index (χ3n) is 4.48. The van der Waals surface area contributed by atoms with Gasteiger partial charge in [0.25, 0.3) is 0 Å². The Balaban J connectivity index is 1.52. The number of morpholine rings is 1. The normalized spacial score (nSPS) is 27.6. The van der Waals surface area contributed by atoms with E-state index in [4.69, 9.17) is 4.74 Å². The lowest BCUT2D eigenvalue weighted by Gasteiger charge is -2.32. The molecular formula is C16H26N4O2S. The number of likely N-dealkylation sites (tertiary alicyclic amines) is 1. The molecule has 3 unspecified atom stereocenters. The van der Waals surface area contributed by atoms with Gasteiger partial charge in [-0.15, -0.1) is 11.3 Å². The Kier molecular flexibility index (Phi) is 5.31. The molecule has 1 N–H and O–H groups in total. The second-order valence-electron chi connectivity index (χ2n) is 6.78. The van der Waals surface area contributed by atoms with Crippen LogP contribution >= 0.6 is 11.3 Å². The van der Waals surface area contributed by atoms with Crippen LogP contribution in [0.5, 0.6) is 0 Å². The van der Waals surface area contributed by atoms with Crippen molar-refractivity contribution in [2.75, 3.05) is 40.3 Å². The van der Waals surface area contributed by atoms with Gasteiger partial charge in [0.05, 0.1) is 28.8 Å². The van der Waals surface area contributed by atoms with Crippen molar-refractivity contribution in [3.05, 3.63) is 16.1 Å². The summed E-state index contributed by atoms with van der Waals surface area (Å²) in [5.41, 5.74) is 1.13. The van der Waals surface area contributed by atoms with Crippen LogP contribution in [0.15, 0.2) is 5.38 Å². The smallest absolute Gasteiger partial charge is 0.225 e. The van der Waals surface area contributed by atoms with Gasteiger partial charge in [0.15, 0.2) is 0 Å². The molecule has 2 aliphatic rings. The molecule has 1 aromatic rings. The third kappa shape index (κ3) is 4.29. The first kappa shape index (κ1) is 16.8. The monoisotopic (exact) mass is 338 g/mol. The molecule has 0 saturated carbocycles. The summed E-state index contributed by atoms with van der Waals surface area (Å²) in [6.07, 6.45) is 1.04. The Morgan fingerprint density at radius 3 is 3.04 bits per heavy atom. The average Bonchev–Trinajstić information content (AvgIpc) is 3.01. The highest BCUT2D eigenvalue weighted by Crippen LogP contribution is 2.32. The maximum absolute atomic E-state index is 12.4.